The third-order valence-corrected chi connectivity index (χ3v) is 3.94. The number of hydrogen-bond donors (Lipinski definition) is 0. The molecule has 19 heavy (non-hydrogen) atoms. The molecule has 0 amide bonds. The van der Waals surface area contributed by atoms with Crippen molar-refractivity contribution in [2.24, 2.45) is 0 Å². The van der Waals surface area contributed by atoms with E-state index in [-0.39, 0.29) is 12.4 Å². The molecule has 1 aliphatic carbocycles. The van der Waals surface area contributed by atoms with Crippen molar-refractivity contribution in [2.45, 2.75) is 44.2 Å². The van der Waals surface area contributed by atoms with Crippen molar-refractivity contribution >= 4 is 12.4 Å². The van der Waals surface area contributed by atoms with Gasteiger partial charge in [0.1, 0.15) is 0 Å². The summed E-state index contributed by atoms with van der Waals surface area (Å²) in [7, 11) is 0. The van der Waals surface area contributed by atoms with Crippen molar-refractivity contribution in [2.75, 3.05) is 6.54 Å². The van der Waals surface area contributed by atoms with Gasteiger partial charge in [-0.1, -0.05) is 6.07 Å². The Labute approximate surface area is 118 Å². The van der Waals surface area contributed by atoms with Crippen LogP contribution in [0.1, 0.15) is 31.2 Å². The molecule has 2 nitrogen and oxygen atoms in total. The molecular weight excluding hydrogens is 272 g/mol. The van der Waals surface area contributed by atoms with E-state index in [1.165, 1.54) is 25.0 Å². The minimum Gasteiger partial charge on any atom is -0.295 e. The quantitative estimate of drug-likeness (QED) is 0.844. The van der Waals surface area contributed by atoms with Crippen LogP contribution in [0.15, 0.2) is 18.2 Å². The molecule has 5 heteroatoms. The molecule has 3 aliphatic rings. The number of hydrogen-bond acceptors (Lipinski definition) is 2. The maximum absolute atomic E-state index is 13.1. The topological polar surface area (TPSA) is 12.5 Å². The van der Waals surface area contributed by atoms with Gasteiger partial charge in [-0.25, -0.2) is 8.78 Å². The summed E-state index contributed by atoms with van der Waals surface area (Å²) in [6, 6.07) is 4.62. The first-order valence-corrected chi connectivity index (χ1v) is 6.60. The van der Waals surface area contributed by atoms with Crippen molar-refractivity contribution in [1.29, 1.82) is 0 Å². The van der Waals surface area contributed by atoms with Gasteiger partial charge in [0.05, 0.1) is 6.10 Å². The summed E-state index contributed by atoms with van der Waals surface area (Å²) in [6.45, 7) is 0.756. The summed E-state index contributed by atoms with van der Waals surface area (Å²) in [6.07, 6.45) is 5.78. The first-order chi connectivity index (χ1) is 8.72. The highest BCUT2D eigenvalue weighted by Crippen LogP contribution is 2.32. The lowest BCUT2D eigenvalue weighted by Crippen LogP contribution is -2.49. The van der Waals surface area contributed by atoms with Crippen molar-refractivity contribution in [3.8, 4) is 0 Å². The lowest BCUT2D eigenvalue weighted by molar-refractivity contribution is -0.275. The highest BCUT2D eigenvalue weighted by Gasteiger charge is 2.34. The molecule has 1 aromatic carbocycles. The molecule has 0 radical (unpaired) electrons. The number of benzene rings is 1. The average Bonchev–Trinajstić information content (AvgIpc) is 2.41. The third kappa shape index (κ3) is 3.25. The van der Waals surface area contributed by atoms with Crippen LogP contribution in [0.2, 0.25) is 0 Å². The molecule has 0 aromatic heterocycles. The van der Waals surface area contributed by atoms with Crippen LogP contribution in [0.4, 0.5) is 8.78 Å². The molecule has 2 bridgehead atoms. The molecule has 2 saturated heterocycles. The van der Waals surface area contributed by atoms with E-state index in [1.54, 1.807) is 6.07 Å². The van der Waals surface area contributed by atoms with Crippen molar-refractivity contribution in [1.82, 2.24) is 5.06 Å². The van der Waals surface area contributed by atoms with Gasteiger partial charge in [-0.15, -0.1) is 12.4 Å². The Morgan fingerprint density at radius 3 is 2.42 bits per heavy atom. The van der Waals surface area contributed by atoms with E-state index in [0.29, 0.717) is 18.6 Å². The first kappa shape index (κ1) is 14.7. The van der Waals surface area contributed by atoms with Gasteiger partial charge in [-0.3, -0.25) is 4.84 Å². The monoisotopic (exact) mass is 289 g/mol. The number of nitrogens with zero attached hydrogens (tertiary/aromatic N) is 1. The molecule has 1 saturated carbocycles. The van der Waals surface area contributed by atoms with E-state index < -0.39 is 11.6 Å². The van der Waals surface area contributed by atoms with Crippen LogP contribution in [-0.2, 0) is 11.3 Å². The SMILES string of the molecule is Cl.Fc1ccc(CCN2OC3CCC2CC3)cc1F. The Morgan fingerprint density at radius 2 is 1.84 bits per heavy atom. The van der Waals surface area contributed by atoms with Crippen molar-refractivity contribution in [3.05, 3.63) is 35.4 Å². The van der Waals surface area contributed by atoms with Gasteiger partial charge in [0.25, 0.3) is 0 Å². The Hall–Kier alpha value is -0.710. The zero-order valence-corrected chi connectivity index (χ0v) is 11.5. The Balaban J connectivity index is 0.00000133. The number of halogens is 3. The van der Waals surface area contributed by atoms with Gasteiger partial charge in [-0.2, -0.15) is 5.06 Å². The Bertz CT molecular complexity index is 435. The average molecular weight is 290 g/mol. The number of rotatable bonds is 3. The zero-order valence-electron chi connectivity index (χ0n) is 10.6. The molecule has 0 atom stereocenters. The first-order valence-electron chi connectivity index (χ1n) is 6.60. The van der Waals surface area contributed by atoms with E-state index in [9.17, 15) is 8.78 Å². The van der Waals surface area contributed by atoms with Crippen LogP contribution < -0.4 is 0 Å². The van der Waals surface area contributed by atoms with Gasteiger partial charge in [0.15, 0.2) is 11.6 Å². The minimum atomic E-state index is -0.785. The lowest BCUT2D eigenvalue weighted by atomic mass is 9.91. The summed E-state index contributed by atoms with van der Waals surface area (Å²) in [5, 5.41) is 2.04. The molecule has 1 aromatic rings. The Kier molecular flexibility index (Phi) is 4.76. The molecule has 2 heterocycles. The van der Waals surface area contributed by atoms with Crippen molar-refractivity contribution in [3.63, 3.8) is 0 Å². The molecule has 0 unspecified atom stereocenters. The predicted octanol–water partition coefficient (Wildman–Crippen LogP) is 3.49. The summed E-state index contributed by atoms with van der Waals surface area (Å²) >= 11 is 0. The maximum atomic E-state index is 13.1. The van der Waals surface area contributed by atoms with Gasteiger partial charge < -0.3 is 0 Å². The maximum Gasteiger partial charge on any atom is 0.159 e. The molecule has 4 rings (SSSR count). The van der Waals surface area contributed by atoms with Gasteiger partial charge in [0.2, 0.25) is 0 Å². The zero-order chi connectivity index (χ0) is 12.5. The van der Waals surface area contributed by atoms with Crippen LogP contribution in [0.25, 0.3) is 0 Å². The van der Waals surface area contributed by atoms with Crippen LogP contribution >= 0.6 is 12.4 Å². The number of hydroxylamine groups is 2. The van der Waals surface area contributed by atoms with Crippen LogP contribution in [0, 0.1) is 11.6 Å². The fourth-order valence-corrected chi connectivity index (χ4v) is 2.89. The van der Waals surface area contributed by atoms with E-state index in [2.05, 4.69) is 0 Å². The molecule has 2 aliphatic heterocycles. The van der Waals surface area contributed by atoms with Crippen LogP contribution in [0.3, 0.4) is 0 Å². The van der Waals surface area contributed by atoms with E-state index >= 15 is 0 Å². The second-order valence-electron chi connectivity index (χ2n) is 5.18. The second-order valence-corrected chi connectivity index (χ2v) is 5.18. The normalized spacial score (nSPS) is 26.2. The molecule has 0 spiro atoms. The molecular formula is C14H18ClF2NO. The van der Waals surface area contributed by atoms with E-state index in [4.69, 9.17) is 4.84 Å². The number of fused-ring (bicyclic) bond motifs is 3. The summed E-state index contributed by atoms with van der Waals surface area (Å²) in [5.41, 5.74) is 0.818. The highest BCUT2D eigenvalue weighted by molar-refractivity contribution is 5.85. The smallest absolute Gasteiger partial charge is 0.159 e. The fraction of sp³-hybridized carbons (Fsp3) is 0.571. The highest BCUT2D eigenvalue weighted by atomic mass is 35.5. The van der Waals surface area contributed by atoms with Gasteiger partial charge in [0, 0.05) is 12.6 Å². The molecule has 106 valence electrons. The van der Waals surface area contributed by atoms with Crippen LogP contribution in [-0.4, -0.2) is 23.8 Å². The standard InChI is InChI=1S/C14H17F2NO.ClH/c15-13-6-1-10(9-14(13)16)7-8-17-11-2-4-12(18-17)5-3-11;/h1,6,9,11-12H,2-5,7-8H2;1H. The predicted molar refractivity (Wildman–Crippen MR) is 71.1 cm³/mol. The fourth-order valence-electron chi connectivity index (χ4n) is 2.89. The van der Waals surface area contributed by atoms with Crippen LogP contribution in [0.5, 0.6) is 0 Å². The lowest BCUT2D eigenvalue weighted by Gasteiger charge is -2.44. The summed E-state index contributed by atoms with van der Waals surface area (Å²) in [4.78, 5) is 5.83. The second kappa shape index (κ2) is 6.16. The third-order valence-electron chi connectivity index (χ3n) is 3.94. The summed E-state index contributed by atoms with van der Waals surface area (Å²) in [5.74, 6) is -1.55. The van der Waals surface area contributed by atoms with Gasteiger partial charge in [-0.05, 0) is 49.8 Å². The minimum absolute atomic E-state index is 0. The van der Waals surface area contributed by atoms with E-state index in [0.717, 1.165) is 24.9 Å². The van der Waals surface area contributed by atoms with Gasteiger partial charge >= 0.3 is 0 Å². The largest absolute Gasteiger partial charge is 0.295 e. The van der Waals surface area contributed by atoms with Crippen molar-refractivity contribution < 1.29 is 13.6 Å². The van der Waals surface area contributed by atoms with E-state index in [1.807, 2.05) is 5.06 Å². The molecule has 3 fully saturated rings. The molecule has 0 N–H and O–H groups in total. The Morgan fingerprint density at radius 1 is 1.11 bits per heavy atom. The summed E-state index contributed by atoms with van der Waals surface area (Å²) < 4.78 is 25.9.